The summed E-state index contributed by atoms with van der Waals surface area (Å²) in [7, 11) is 0. The fraction of sp³-hybridized carbons (Fsp3) is 0.958. The first kappa shape index (κ1) is 22.8. The maximum absolute atomic E-state index is 12.2. The highest BCUT2D eigenvalue weighted by Gasteiger charge is 2.59. The molecule has 0 aromatic heterocycles. The minimum Gasteiger partial charge on any atom is -0.293 e. The van der Waals surface area contributed by atoms with Crippen LogP contribution in [0, 0.1) is 40.4 Å². The topological polar surface area (TPSA) is 29.1 Å². The average Bonchev–Trinajstić information content (AvgIpc) is 3.02. The number of carbonyl (C=O) groups is 1. The Kier molecular flexibility index (Phi) is 6.47. The molecule has 0 aromatic rings. The highest BCUT2D eigenvalue weighted by atomic mass is 32.2. The lowest BCUT2D eigenvalue weighted by Crippen LogP contribution is -2.52. The number of amides is 1. The van der Waals surface area contributed by atoms with Gasteiger partial charge < -0.3 is 0 Å². The average molecular weight is 446 g/mol. The summed E-state index contributed by atoms with van der Waals surface area (Å²) in [5.74, 6) is 3.67. The minimum absolute atomic E-state index is 0.201. The zero-order chi connectivity index (χ0) is 21.6. The fourth-order valence-corrected chi connectivity index (χ4v) is 8.88. The van der Waals surface area contributed by atoms with Crippen molar-refractivity contribution in [1.82, 2.24) is 4.72 Å². The Labute approximate surface area is 184 Å². The fourth-order valence-electron chi connectivity index (χ4n) is 8.55. The van der Waals surface area contributed by atoms with E-state index in [-0.39, 0.29) is 6.42 Å². The van der Waals surface area contributed by atoms with E-state index in [0.717, 1.165) is 30.1 Å². The van der Waals surface area contributed by atoms with Crippen LogP contribution < -0.4 is 4.72 Å². The van der Waals surface area contributed by atoms with Crippen LogP contribution in [0.3, 0.4) is 0 Å². The van der Waals surface area contributed by atoms with Gasteiger partial charge in [0.15, 0.2) is 0 Å². The van der Waals surface area contributed by atoms with E-state index >= 15 is 0 Å². The van der Waals surface area contributed by atoms with Gasteiger partial charge in [-0.05, 0) is 105 Å². The van der Waals surface area contributed by atoms with Gasteiger partial charge in [-0.2, -0.15) is 13.2 Å². The van der Waals surface area contributed by atoms with Crippen LogP contribution in [-0.4, -0.2) is 11.4 Å². The number of fused-ring (bicyclic) bond motifs is 5. The number of hydrogen-bond acceptors (Lipinski definition) is 2. The smallest absolute Gasteiger partial charge is 0.293 e. The molecule has 7 unspecified atom stereocenters. The van der Waals surface area contributed by atoms with Gasteiger partial charge >= 0.3 is 5.51 Å². The van der Waals surface area contributed by atoms with Crippen LogP contribution in [0.15, 0.2) is 0 Å². The second-order valence-electron chi connectivity index (χ2n) is 11.2. The van der Waals surface area contributed by atoms with Crippen molar-refractivity contribution in [2.45, 2.75) is 103 Å². The Bertz CT molecular complexity index is 640. The van der Waals surface area contributed by atoms with Crippen LogP contribution in [0.25, 0.3) is 0 Å². The molecule has 0 aromatic carbocycles. The molecule has 4 aliphatic carbocycles. The Morgan fingerprint density at radius 2 is 1.73 bits per heavy atom. The molecule has 172 valence electrons. The normalized spacial score (nSPS) is 43.4. The van der Waals surface area contributed by atoms with Gasteiger partial charge in [0.25, 0.3) is 0 Å². The molecule has 4 saturated carbocycles. The first-order valence-electron chi connectivity index (χ1n) is 12.2. The Morgan fingerprint density at radius 1 is 0.967 bits per heavy atom. The van der Waals surface area contributed by atoms with Crippen molar-refractivity contribution in [3.05, 3.63) is 0 Å². The Hall–Kier alpha value is -0.390. The van der Waals surface area contributed by atoms with Crippen LogP contribution in [-0.2, 0) is 4.79 Å². The zero-order valence-electron chi connectivity index (χ0n) is 18.5. The summed E-state index contributed by atoms with van der Waals surface area (Å²) in [6.45, 7) is 5.11. The predicted octanol–water partition coefficient (Wildman–Crippen LogP) is 7.49. The predicted molar refractivity (Wildman–Crippen MR) is 115 cm³/mol. The third-order valence-corrected chi connectivity index (χ3v) is 10.6. The van der Waals surface area contributed by atoms with E-state index in [1.807, 2.05) is 4.72 Å². The standard InChI is InChI=1S/C24H38F3NOS/c1-22-14-4-3-6-16(22)9-11-18-19-12-10-17(23(19,2)15-13-20(18)22)7-5-8-21(29)28-30-24(25,26)27/h16-20H,3-15H2,1-2H3,(H,28,29). The second-order valence-corrected chi connectivity index (χ2v) is 12.1. The molecule has 0 aliphatic heterocycles. The second kappa shape index (κ2) is 8.51. The Morgan fingerprint density at radius 3 is 2.50 bits per heavy atom. The van der Waals surface area contributed by atoms with Crippen molar-refractivity contribution in [3.63, 3.8) is 0 Å². The molecular weight excluding hydrogens is 407 g/mol. The SMILES string of the molecule is CC12CCCCC1CCC1C2CCC2(C)C(CCCC(=O)NSC(F)(F)F)CCC12. The number of hydrogen-bond donors (Lipinski definition) is 1. The van der Waals surface area contributed by atoms with Crippen molar-refractivity contribution >= 4 is 17.9 Å². The van der Waals surface area contributed by atoms with Crippen LogP contribution in [0.1, 0.15) is 97.3 Å². The van der Waals surface area contributed by atoms with E-state index in [0.29, 0.717) is 23.2 Å². The maximum atomic E-state index is 12.2. The van der Waals surface area contributed by atoms with Gasteiger partial charge in [-0.25, -0.2) is 0 Å². The van der Waals surface area contributed by atoms with Crippen molar-refractivity contribution < 1.29 is 18.0 Å². The van der Waals surface area contributed by atoms with Crippen molar-refractivity contribution in [1.29, 1.82) is 0 Å². The van der Waals surface area contributed by atoms with E-state index in [2.05, 4.69) is 13.8 Å². The lowest BCUT2D eigenvalue weighted by molar-refractivity contribution is -0.120. The van der Waals surface area contributed by atoms with Crippen LogP contribution >= 0.6 is 11.9 Å². The summed E-state index contributed by atoms with van der Waals surface area (Å²) in [5, 5.41) is 0. The van der Waals surface area contributed by atoms with Crippen molar-refractivity contribution in [2.24, 2.45) is 40.4 Å². The van der Waals surface area contributed by atoms with Crippen molar-refractivity contribution in [3.8, 4) is 0 Å². The maximum Gasteiger partial charge on any atom is 0.461 e. The molecule has 0 spiro atoms. The minimum atomic E-state index is -4.41. The molecule has 4 rings (SSSR count). The first-order valence-corrected chi connectivity index (χ1v) is 13.0. The van der Waals surface area contributed by atoms with Crippen molar-refractivity contribution in [2.75, 3.05) is 0 Å². The first-order chi connectivity index (χ1) is 14.1. The number of nitrogens with one attached hydrogen (secondary N) is 1. The highest BCUT2D eigenvalue weighted by molar-refractivity contribution is 7.98. The van der Waals surface area contributed by atoms with E-state index in [9.17, 15) is 18.0 Å². The van der Waals surface area contributed by atoms with E-state index in [1.165, 1.54) is 64.2 Å². The van der Waals surface area contributed by atoms with Gasteiger partial charge in [0.2, 0.25) is 5.91 Å². The molecule has 30 heavy (non-hydrogen) atoms. The van der Waals surface area contributed by atoms with E-state index in [4.69, 9.17) is 0 Å². The molecule has 0 saturated heterocycles. The number of alkyl halides is 3. The molecule has 0 bridgehead atoms. The molecule has 7 atom stereocenters. The van der Waals surface area contributed by atoms with Crippen LogP contribution in [0.4, 0.5) is 13.2 Å². The summed E-state index contributed by atoms with van der Waals surface area (Å²) in [6.07, 6.45) is 15.7. The summed E-state index contributed by atoms with van der Waals surface area (Å²) in [6, 6.07) is 0. The molecule has 4 aliphatic rings. The van der Waals surface area contributed by atoms with Crippen LogP contribution in [0.5, 0.6) is 0 Å². The molecule has 0 heterocycles. The largest absolute Gasteiger partial charge is 0.461 e. The number of rotatable bonds is 5. The number of carbonyl (C=O) groups excluding carboxylic acids is 1. The molecule has 4 fully saturated rings. The summed E-state index contributed by atoms with van der Waals surface area (Å²) >= 11 is -0.437. The quantitative estimate of drug-likeness (QED) is 0.444. The van der Waals surface area contributed by atoms with Gasteiger partial charge in [-0.1, -0.05) is 26.7 Å². The molecule has 2 nitrogen and oxygen atoms in total. The molecule has 0 radical (unpaired) electrons. The van der Waals surface area contributed by atoms with Gasteiger partial charge in [-0.3, -0.25) is 9.52 Å². The van der Waals surface area contributed by atoms with Gasteiger partial charge in [0.05, 0.1) is 11.9 Å². The van der Waals surface area contributed by atoms with E-state index < -0.39 is 23.4 Å². The molecular formula is C24H38F3NOS. The third kappa shape index (κ3) is 4.28. The monoisotopic (exact) mass is 445 g/mol. The molecule has 1 N–H and O–H groups in total. The number of halogens is 3. The third-order valence-electron chi connectivity index (χ3n) is 10.0. The summed E-state index contributed by atoms with van der Waals surface area (Å²) < 4.78 is 38.6. The molecule has 6 heteroatoms. The lowest BCUT2D eigenvalue weighted by atomic mass is 9.45. The summed E-state index contributed by atoms with van der Waals surface area (Å²) in [4.78, 5) is 11.8. The summed E-state index contributed by atoms with van der Waals surface area (Å²) in [5.41, 5.74) is -3.47. The van der Waals surface area contributed by atoms with Gasteiger partial charge in [-0.15, -0.1) is 0 Å². The van der Waals surface area contributed by atoms with Gasteiger partial charge in [0, 0.05) is 6.42 Å². The Balaban J connectivity index is 1.33. The van der Waals surface area contributed by atoms with E-state index in [1.54, 1.807) is 0 Å². The van der Waals surface area contributed by atoms with Gasteiger partial charge in [0.1, 0.15) is 0 Å². The lowest BCUT2D eigenvalue weighted by Gasteiger charge is -2.60. The van der Waals surface area contributed by atoms with Crippen LogP contribution in [0.2, 0.25) is 0 Å². The zero-order valence-corrected chi connectivity index (χ0v) is 19.3. The highest BCUT2D eigenvalue weighted by Crippen LogP contribution is 2.67. The molecule has 1 amide bonds.